The van der Waals surface area contributed by atoms with Gasteiger partial charge in [-0.15, -0.1) is 0 Å². The fraction of sp³-hybridized carbons (Fsp3) is 0.462. The number of halogens is 2. The number of hydrogen-bond donors (Lipinski definition) is 2. The highest BCUT2D eigenvalue weighted by atomic mass is 19.1. The maximum atomic E-state index is 13.5. The lowest BCUT2D eigenvalue weighted by Gasteiger charge is -2.10. The Kier molecular flexibility index (Phi) is 5.22. The lowest BCUT2D eigenvalue weighted by molar-refractivity contribution is -0.116. The topological polar surface area (TPSA) is 55.1 Å². The molecule has 0 fully saturated rings. The number of benzene rings is 1. The summed E-state index contributed by atoms with van der Waals surface area (Å²) < 4.78 is 26.7. The Morgan fingerprint density at radius 2 is 2.06 bits per heavy atom. The molecule has 100 valence electrons. The maximum absolute atomic E-state index is 13.5. The van der Waals surface area contributed by atoms with Gasteiger partial charge in [0, 0.05) is 12.5 Å². The molecule has 0 aliphatic carbocycles. The molecule has 1 rings (SSSR count). The van der Waals surface area contributed by atoms with Crippen LogP contribution in [0.15, 0.2) is 12.1 Å². The Hall–Kier alpha value is -1.49. The molecule has 1 unspecified atom stereocenters. The average Bonchev–Trinajstić information content (AvgIpc) is 2.33. The van der Waals surface area contributed by atoms with Gasteiger partial charge >= 0.3 is 0 Å². The first-order chi connectivity index (χ1) is 8.43. The summed E-state index contributed by atoms with van der Waals surface area (Å²) in [6, 6.07) is 2.06. The fourth-order valence-corrected chi connectivity index (χ4v) is 1.45. The van der Waals surface area contributed by atoms with Crippen LogP contribution < -0.4 is 11.1 Å². The van der Waals surface area contributed by atoms with Gasteiger partial charge in [0.1, 0.15) is 11.6 Å². The zero-order valence-corrected chi connectivity index (χ0v) is 10.6. The summed E-state index contributed by atoms with van der Waals surface area (Å²) in [6.45, 7) is 3.90. The van der Waals surface area contributed by atoms with Crippen LogP contribution in [0.2, 0.25) is 0 Å². The summed E-state index contributed by atoms with van der Waals surface area (Å²) in [6.07, 6.45) is 0.867. The van der Waals surface area contributed by atoms with Crippen molar-refractivity contribution in [3.05, 3.63) is 29.3 Å². The maximum Gasteiger partial charge on any atom is 0.224 e. The van der Waals surface area contributed by atoms with E-state index in [1.54, 1.807) is 0 Å². The quantitative estimate of drug-likeness (QED) is 0.850. The minimum atomic E-state index is -0.630. The van der Waals surface area contributed by atoms with Gasteiger partial charge in [-0.2, -0.15) is 0 Å². The Morgan fingerprint density at radius 3 is 2.67 bits per heavy atom. The highest BCUT2D eigenvalue weighted by Crippen LogP contribution is 2.19. The molecule has 0 aliphatic rings. The normalized spacial score (nSPS) is 12.3. The number of hydrogen-bond acceptors (Lipinski definition) is 2. The monoisotopic (exact) mass is 256 g/mol. The summed E-state index contributed by atoms with van der Waals surface area (Å²) >= 11 is 0. The summed E-state index contributed by atoms with van der Waals surface area (Å²) in [4.78, 5) is 11.5. The summed E-state index contributed by atoms with van der Waals surface area (Å²) in [7, 11) is 0. The first-order valence-electron chi connectivity index (χ1n) is 5.89. The van der Waals surface area contributed by atoms with Crippen molar-refractivity contribution < 1.29 is 13.6 Å². The number of carbonyl (C=O) groups is 1. The van der Waals surface area contributed by atoms with E-state index in [0.29, 0.717) is 13.0 Å². The largest absolute Gasteiger partial charge is 0.330 e. The second kappa shape index (κ2) is 6.44. The van der Waals surface area contributed by atoms with Crippen LogP contribution in [0.5, 0.6) is 0 Å². The van der Waals surface area contributed by atoms with Gasteiger partial charge in [0.15, 0.2) is 0 Å². The van der Waals surface area contributed by atoms with Crippen LogP contribution in [0.1, 0.15) is 25.3 Å². The molecule has 0 saturated heterocycles. The van der Waals surface area contributed by atoms with Gasteiger partial charge in [0.25, 0.3) is 0 Å². The molecular weight excluding hydrogens is 238 g/mol. The molecule has 0 radical (unpaired) electrons. The molecule has 0 heterocycles. The zero-order valence-electron chi connectivity index (χ0n) is 10.6. The second-order valence-electron chi connectivity index (χ2n) is 4.51. The van der Waals surface area contributed by atoms with E-state index in [9.17, 15) is 13.6 Å². The fourth-order valence-electron chi connectivity index (χ4n) is 1.45. The third kappa shape index (κ3) is 4.07. The Morgan fingerprint density at radius 1 is 1.39 bits per heavy atom. The predicted octanol–water partition coefficient (Wildman–Crippen LogP) is 2.59. The molecule has 1 aromatic rings. The van der Waals surface area contributed by atoms with Gasteiger partial charge in [-0.1, -0.05) is 6.92 Å². The third-order valence-electron chi connectivity index (χ3n) is 2.79. The van der Waals surface area contributed by atoms with Crippen molar-refractivity contribution in [3.8, 4) is 0 Å². The van der Waals surface area contributed by atoms with E-state index in [-0.39, 0.29) is 29.5 Å². The van der Waals surface area contributed by atoms with Gasteiger partial charge in [0.05, 0.1) is 5.69 Å². The molecule has 0 saturated carbocycles. The summed E-state index contributed by atoms with van der Waals surface area (Å²) in [5, 5.41) is 2.36. The molecule has 3 nitrogen and oxygen atoms in total. The molecule has 3 N–H and O–H groups in total. The lowest BCUT2D eigenvalue weighted by atomic mass is 10.1. The minimum absolute atomic E-state index is 0.122. The second-order valence-corrected chi connectivity index (χ2v) is 4.51. The molecule has 1 atom stereocenters. The van der Waals surface area contributed by atoms with Gasteiger partial charge in [-0.05, 0) is 37.4 Å². The molecule has 5 heteroatoms. The van der Waals surface area contributed by atoms with Crippen LogP contribution in [0, 0.1) is 24.5 Å². The van der Waals surface area contributed by atoms with Gasteiger partial charge in [-0.25, -0.2) is 8.78 Å². The molecule has 1 amide bonds. The molecule has 18 heavy (non-hydrogen) atoms. The highest BCUT2D eigenvalue weighted by Gasteiger charge is 2.11. The molecule has 0 spiro atoms. The van der Waals surface area contributed by atoms with Crippen molar-refractivity contribution in [2.24, 2.45) is 11.7 Å². The molecular formula is C13H18F2N2O. The van der Waals surface area contributed by atoms with E-state index in [1.807, 2.05) is 6.92 Å². The number of anilines is 1. The molecule has 0 aromatic heterocycles. The molecule has 1 aromatic carbocycles. The van der Waals surface area contributed by atoms with E-state index in [0.717, 1.165) is 12.1 Å². The third-order valence-corrected chi connectivity index (χ3v) is 2.79. The Labute approximate surface area is 105 Å². The SMILES string of the molecule is Cc1cc(F)c(NC(=O)CCC(C)CN)cc1F. The number of rotatable bonds is 5. The van der Waals surface area contributed by atoms with E-state index in [2.05, 4.69) is 5.32 Å². The van der Waals surface area contributed by atoms with Crippen LogP contribution >= 0.6 is 0 Å². The van der Waals surface area contributed by atoms with Gasteiger partial charge in [-0.3, -0.25) is 4.79 Å². The Balaban J connectivity index is 2.62. The number of amides is 1. The van der Waals surface area contributed by atoms with E-state index in [4.69, 9.17) is 5.73 Å². The lowest BCUT2D eigenvalue weighted by Crippen LogP contribution is -2.17. The number of carbonyl (C=O) groups excluding carboxylic acids is 1. The number of aryl methyl sites for hydroxylation is 1. The van der Waals surface area contributed by atoms with E-state index >= 15 is 0 Å². The van der Waals surface area contributed by atoms with Gasteiger partial charge < -0.3 is 11.1 Å². The van der Waals surface area contributed by atoms with Crippen molar-refractivity contribution in [1.29, 1.82) is 0 Å². The predicted molar refractivity (Wildman–Crippen MR) is 67.2 cm³/mol. The van der Waals surface area contributed by atoms with Crippen molar-refractivity contribution in [2.45, 2.75) is 26.7 Å². The van der Waals surface area contributed by atoms with Crippen LogP contribution in [0.4, 0.5) is 14.5 Å². The van der Waals surface area contributed by atoms with Crippen LogP contribution in [0.25, 0.3) is 0 Å². The highest BCUT2D eigenvalue weighted by molar-refractivity contribution is 5.90. The van der Waals surface area contributed by atoms with E-state index < -0.39 is 11.6 Å². The molecule has 0 bridgehead atoms. The average molecular weight is 256 g/mol. The van der Waals surface area contributed by atoms with Crippen molar-refractivity contribution in [3.63, 3.8) is 0 Å². The van der Waals surface area contributed by atoms with Crippen molar-refractivity contribution >= 4 is 11.6 Å². The van der Waals surface area contributed by atoms with Gasteiger partial charge in [0.2, 0.25) is 5.91 Å². The molecule has 0 aliphatic heterocycles. The number of nitrogens with one attached hydrogen (secondary N) is 1. The summed E-state index contributed by atoms with van der Waals surface area (Å²) in [5.74, 6) is -1.27. The van der Waals surface area contributed by atoms with Crippen LogP contribution in [-0.2, 0) is 4.79 Å². The smallest absolute Gasteiger partial charge is 0.224 e. The Bertz CT molecular complexity index is 435. The van der Waals surface area contributed by atoms with Crippen LogP contribution in [-0.4, -0.2) is 12.5 Å². The van der Waals surface area contributed by atoms with Crippen molar-refractivity contribution in [2.75, 3.05) is 11.9 Å². The zero-order chi connectivity index (χ0) is 13.7. The van der Waals surface area contributed by atoms with Crippen molar-refractivity contribution in [1.82, 2.24) is 0 Å². The number of nitrogens with two attached hydrogens (primary N) is 1. The first kappa shape index (κ1) is 14.6. The first-order valence-corrected chi connectivity index (χ1v) is 5.89. The standard InChI is InChI=1S/C13H18F2N2O/c1-8(7-16)3-4-13(18)17-12-6-10(14)9(2)5-11(12)15/h5-6,8H,3-4,7,16H2,1-2H3,(H,17,18). The van der Waals surface area contributed by atoms with E-state index in [1.165, 1.54) is 6.92 Å². The summed E-state index contributed by atoms with van der Waals surface area (Å²) in [5.41, 5.74) is 5.52. The van der Waals surface area contributed by atoms with Crippen LogP contribution in [0.3, 0.4) is 0 Å². The minimum Gasteiger partial charge on any atom is -0.330 e.